The average molecular weight is 334 g/mol. The molecule has 8 heteroatoms. The predicted molar refractivity (Wildman–Crippen MR) is 85.6 cm³/mol. The number of sulfone groups is 1. The molecule has 1 amide bonds. The lowest BCUT2D eigenvalue weighted by atomic mass is 10.0. The number of pyridine rings is 1. The van der Waals surface area contributed by atoms with E-state index in [2.05, 4.69) is 15.4 Å². The minimum Gasteiger partial charge on any atom is -0.346 e. The van der Waals surface area contributed by atoms with Crippen LogP contribution in [0.5, 0.6) is 0 Å². The molecule has 0 bridgehead atoms. The van der Waals surface area contributed by atoms with Gasteiger partial charge in [-0.25, -0.2) is 8.42 Å². The second kappa shape index (κ2) is 5.45. The maximum atomic E-state index is 12.4. The van der Waals surface area contributed by atoms with Crippen LogP contribution in [-0.2, 0) is 16.9 Å². The van der Waals surface area contributed by atoms with Crippen LogP contribution in [-0.4, -0.2) is 46.1 Å². The molecule has 1 N–H and O–H groups in total. The molecule has 3 heterocycles. The van der Waals surface area contributed by atoms with E-state index in [4.69, 9.17) is 0 Å². The van der Waals surface area contributed by atoms with Gasteiger partial charge in [-0.3, -0.25) is 14.5 Å². The smallest absolute Gasteiger partial charge is 0.253 e. The van der Waals surface area contributed by atoms with Gasteiger partial charge < -0.3 is 5.32 Å². The van der Waals surface area contributed by atoms with E-state index in [1.807, 2.05) is 13.2 Å². The summed E-state index contributed by atoms with van der Waals surface area (Å²) in [6.07, 6.45) is 7.10. The fourth-order valence-corrected chi connectivity index (χ4v) is 4.84. The monoisotopic (exact) mass is 334 g/mol. The lowest BCUT2D eigenvalue weighted by Crippen LogP contribution is -2.46. The third kappa shape index (κ3) is 3.42. The van der Waals surface area contributed by atoms with Crippen LogP contribution in [0.4, 0.5) is 0 Å². The fourth-order valence-electron chi connectivity index (χ4n) is 2.75. The van der Waals surface area contributed by atoms with Gasteiger partial charge >= 0.3 is 0 Å². The van der Waals surface area contributed by atoms with Gasteiger partial charge in [0.25, 0.3) is 5.91 Å². The largest absolute Gasteiger partial charge is 0.346 e. The van der Waals surface area contributed by atoms with Crippen molar-refractivity contribution in [3.8, 4) is 11.1 Å². The summed E-state index contributed by atoms with van der Waals surface area (Å²) in [5.41, 5.74) is 1.33. The van der Waals surface area contributed by atoms with E-state index in [1.165, 1.54) is 6.20 Å². The summed E-state index contributed by atoms with van der Waals surface area (Å²) in [5.74, 6) is -0.234. The van der Waals surface area contributed by atoms with E-state index in [0.717, 1.165) is 11.1 Å². The zero-order valence-electron chi connectivity index (χ0n) is 13.0. The van der Waals surface area contributed by atoms with Gasteiger partial charge in [0, 0.05) is 36.8 Å². The lowest BCUT2D eigenvalue weighted by Gasteiger charge is -2.23. The van der Waals surface area contributed by atoms with Gasteiger partial charge in [0.15, 0.2) is 9.84 Å². The van der Waals surface area contributed by atoms with Gasteiger partial charge in [-0.05, 0) is 19.4 Å². The first-order valence-corrected chi connectivity index (χ1v) is 9.06. The number of aromatic nitrogens is 3. The maximum Gasteiger partial charge on any atom is 0.253 e. The molecule has 2 aromatic heterocycles. The molecule has 0 aromatic carbocycles. The Morgan fingerprint density at radius 3 is 2.70 bits per heavy atom. The van der Waals surface area contributed by atoms with Crippen LogP contribution in [0.2, 0.25) is 0 Å². The van der Waals surface area contributed by atoms with Gasteiger partial charge in [0.1, 0.15) is 0 Å². The molecule has 3 rings (SSSR count). The first-order chi connectivity index (χ1) is 10.8. The summed E-state index contributed by atoms with van der Waals surface area (Å²) in [4.78, 5) is 16.5. The van der Waals surface area contributed by atoms with Crippen LogP contribution in [0.3, 0.4) is 0 Å². The highest BCUT2D eigenvalue weighted by molar-refractivity contribution is 7.91. The van der Waals surface area contributed by atoms with Crippen LogP contribution in [0.25, 0.3) is 11.1 Å². The molecule has 122 valence electrons. The SMILES string of the molecule is Cn1cc(-c2cncc(C(=O)N[C@]3(C)CCS(=O)(=O)C3)c2)cn1. The van der Waals surface area contributed by atoms with Gasteiger partial charge in [0.05, 0.1) is 28.8 Å². The highest BCUT2D eigenvalue weighted by Gasteiger charge is 2.39. The number of carbonyl (C=O) groups excluding carboxylic acids is 1. The molecule has 1 atom stereocenters. The van der Waals surface area contributed by atoms with E-state index in [1.54, 1.807) is 30.1 Å². The van der Waals surface area contributed by atoms with Crippen molar-refractivity contribution in [2.24, 2.45) is 7.05 Å². The van der Waals surface area contributed by atoms with Crippen LogP contribution in [0, 0.1) is 0 Å². The predicted octanol–water partition coefficient (Wildman–Crippen LogP) is 0.789. The molecule has 0 unspecified atom stereocenters. The first-order valence-electron chi connectivity index (χ1n) is 7.23. The second-order valence-electron chi connectivity index (χ2n) is 6.22. The van der Waals surface area contributed by atoms with Crippen LogP contribution < -0.4 is 5.32 Å². The molecule has 0 aliphatic carbocycles. The Labute approximate surface area is 134 Å². The molecule has 0 radical (unpaired) electrons. The number of hydrogen-bond donors (Lipinski definition) is 1. The molecular weight excluding hydrogens is 316 g/mol. The molecule has 7 nitrogen and oxygen atoms in total. The van der Waals surface area contributed by atoms with E-state index >= 15 is 0 Å². The number of rotatable bonds is 3. The van der Waals surface area contributed by atoms with Crippen LogP contribution >= 0.6 is 0 Å². The van der Waals surface area contributed by atoms with E-state index in [0.29, 0.717) is 12.0 Å². The third-order valence-electron chi connectivity index (χ3n) is 3.96. The fraction of sp³-hybridized carbons (Fsp3) is 0.400. The molecule has 1 saturated heterocycles. The Bertz CT molecular complexity index is 859. The number of nitrogens with one attached hydrogen (secondary N) is 1. The normalized spacial score (nSPS) is 22.9. The van der Waals surface area contributed by atoms with Crippen molar-refractivity contribution >= 4 is 15.7 Å². The van der Waals surface area contributed by atoms with Gasteiger partial charge in [0.2, 0.25) is 0 Å². The van der Waals surface area contributed by atoms with Crippen molar-refractivity contribution < 1.29 is 13.2 Å². The Hall–Kier alpha value is -2.22. The Kier molecular flexibility index (Phi) is 3.71. The molecule has 23 heavy (non-hydrogen) atoms. The summed E-state index contributed by atoms with van der Waals surface area (Å²) in [5, 5.41) is 6.93. The molecule has 1 aliphatic heterocycles. The molecule has 1 aliphatic rings. The number of hydrogen-bond acceptors (Lipinski definition) is 5. The summed E-state index contributed by atoms with van der Waals surface area (Å²) in [7, 11) is -1.26. The third-order valence-corrected chi connectivity index (χ3v) is 5.86. The zero-order valence-corrected chi connectivity index (χ0v) is 13.8. The van der Waals surface area contributed by atoms with Gasteiger partial charge in [-0.2, -0.15) is 5.10 Å². The van der Waals surface area contributed by atoms with Crippen molar-refractivity contribution in [3.63, 3.8) is 0 Å². The summed E-state index contributed by atoms with van der Waals surface area (Å²) >= 11 is 0. The highest BCUT2D eigenvalue weighted by atomic mass is 32.2. The summed E-state index contributed by atoms with van der Waals surface area (Å²) < 4.78 is 24.9. The topological polar surface area (TPSA) is 94.0 Å². The number of aryl methyl sites for hydroxylation is 1. The molecule has 1 fully saturated rings. The standard InChI is InChI=1S/C15H18N4O3S/c1-15(3-4-23(21,22)10-15)18-14(20)12-5-11(6-16-7-12)13-8-17-19(2)9-13/h5-9H,3-4,10H2,1-2H3,(H,18,20)/t15-/m1/s1. The van der Waals surface area contributed by atoms with Crippen molar-refractivity contribution in [1.82, 2.24) is 20.1 Å². The molecule has 0 spiro atoms. The van der Waals surface area contributed by atoms with Crippen molar-refractivity contribution in [3.05, 3.63) is 36.4 Å². The average Bonchev–Trinajstić information content (AvgIpc) is 3.02. The Morgan fingerprint density at radius 2 is 2.09 bits per heavy atom. The molecular formula is C15H18N4O3S. The van der Waals surface area contributed by atoms with Gasteiger partial charge in [-0.15, -0.1) is 0 Å². The summed E-state index contributed by atoms with van der Waals surface area (Å²) in [6.45, 7) is 1.76. The number of amides is 1. The number of carbonyl (C=O) groups is 1. The Morgan fingerprint density at radius 1 is 1.30 bits per heavy atom. The number of nitrogens with zero attached hydrogens (tertiary/aromatic N) is 3. The minimum absolute atomic E-state index is 0.0263. The van der Waals surface area contributed by atoms with Crippen LogP contribution in [0.1, 0.15) is 23.7 Å². The van der Waals surface area contributed by atoms with E-state index in [9.17, 15) is 13.2 Å². The second-order valence-corrected chi connectivity index (χ2v) is 8.41. The quantitative estimate of drug-likeness (QED) is 0.895. The van der Waals surface area contributed by atoms with Crippen LogP contribution in [0.15, 0.2) is 30.9 Å². The summed E-state index contributed by atoms with van der Waals surface area (Å²) in [6, 6.07) is 1.73. The Balaban J connectivity index is 1.81. The van der Waals surface area contributed by atoms with Crippen molar-refractivity contribution in [1.29, 1.82) is 0 Å². The van der Waals surface area contributed by atoms with Crippen molar-refractivity contribution in [2.45, 2.75) is 18.9 Å². The zero-order chi connectivity index (χ0) is 16.7. The van der Waals surface area contributed by atoms with Gasteiger partial charge in [-0.1, -0.05) is 0 Å². The highest BCUT2D eigenvalue weighted by Crippen LogP contribution is 2.24. The lowest BCUT2D eigenvalue weighted by molar-refractivity contribution is 0.0915. The first kappa shape index (κ1) is 15.7. The molecule has 2 aromatic rings. The molecule has 0 saturated carbocycles. The van der Waals surface area contributed by atoms with Crippen molar-refractivity contribution in [2.75, 3.05) is 11.5 Å². The van der Waals surface area contributed by atoms with E-state index in [-0.39, 0.29) is 17.4 Å². The minimum atomic E-state index is -3.07. The maximum absolute atomic E-state index is 12.4. The van der Waals surface area contributed by atoms with E-state index < -0.39 is 15.4 Å².